The summed E-state index contributed by atoms with van der Waals surface area (Å²) in [5.74, 6) is 0.540. The summed E-state index contributed by atoms with van der Waals surface area (Å²) in [6, 6.07) is 18.1. The van der Waals surface area contributed by atoms with E-state index < -0.39 is 5.41 Å². The Morgan fingerprint density at radius 3 is 2.54 bits per heavy atom. The van der Waals surface area contributed by atoms with Gasteiger partial charge in [0.1, 0.15) is 0 Å². The van der Waals surface area contributed by atoms with Crippen LogP contribution in [0.5, 0.6) is 0 Å². The van der Waals surface area contributed by atoms with Crippen molar-refractivity contribution in [3.63, 3.8) is 0 Å². The minimum atomic E-state index is -0.532. The third-order valence-electron chi connectivity index (χ3n) is 5.28. The maximum atomic E-state index is 12.9. The highest BCUT2D eigenvalue weighted by molar-refractivity contribution is 8.00. The number of aryl methyl sites for hydroxylation is 1. The van der Waals surface area contributed by atoms with E-state index in [4.69, 9.17) is 0 Å². The molecule has 0 saturated carbocycles. The third-order valence-corrected chi connectivity index (χ3v) is 6.27. The molecule has 1 heterocycles. The van der Waals surface area contributed by atoms with E-state index in [0.29, 0.717) is 18.8 Å². The number of nitrogens with one attached hydrogen (secondary N) is 1. The van der Waals surface area contributed by atoms with E-state index in [1.54, 1.807) is 11.8 Å². The number of hydrogen-bond donors (Lipinski definition) is 1. The summed E-state index contributed by atoms with van der Waals surface area (Å²) in [5, 5.41) is 3.06. The highest BCUT2D eigenvalue weighted by Crippen LogP contribution is 2.30. The number of carbonyl (C=O) groups is 2. The summed E-state index contributed by atoms with van der Waals surface area (Å²) in [6.07, 6.45) is 1.67. The van der Waals surface area contributed by atoms with Crippen molar-refractivity contribution in [2.45, 2.75) is 38.1 Å². The molecule has 1 aliphatic heterocycles. The average molecular weight is 397 g/mol. The molecule has 1 aliphatic rings. The molecule has 2 aromatic carbocycles. The Morgan fingerprint density at radius 2 is 1.82 bits per heavy atom. The van der Waals surface area contributed by atoms with Gasteiger partial charge in [-0.2, -0.15) is 0 Å². The maximum Gasteiger partial charge on any atom is 0.232 e. The van der Waals surface area contributed by atoms with Crippen molar-refractivity contribution >= 4 is 23.6 Å². The zero-order chi connectivity index (χ0) is 20.0. The molecule has 1 saturated heterocycles. The standard InChI is InChI=1S/C23H28N2O2S/c1-18-9-11-19(12-10-18)15-24-22(27)23(2)13-6-14-25(17-23)21(26)16-28-20-7-4-3-5-8-20/h3-5,7-12H,6,13-17H2,1-2H3,(H,24,27). The number of rotatable bonds is 6. The van der Waals surface area contributed by atoms with Gasteiger partial charge in [0, 0.05) is 24.5 Å². The van der Waals surface area contributed by atoms with Crippen LogP contribution in [0.4, 0.5) is 0 Å². The number of benzene rings is 2. The lowest BCUT2D eigenvalue weighted by Crippen LogP contribution is -2.52. The molecule has 5 heteroatoms. The van der Waals surface area contributed by atoms with Crippen molar-refractivity contribution < 1.29 is 9.59 Å². The van der Waals surface area contributed by atoms with Crippen molar-refractivity contribution in [2.24, 2.45) is 5.41 Å². The van der Waals surface area contributed by atoms with Crippen LogP contribution in [0, 0.1) is 12.3 Å². The van der Waals surface area contributed by atoms with Gasteiger partial charge in [-0.3, -0.25) is 9.59 Å². The van der Waals surface area contributed by atoms with Crippen LogP contribution < -0.4 is 5.32 Å². The van der Waals surface area contributed by atoms with Gasteiger partial charge in [0.25, 0.3) is 0 Å². The van der Waals surface area contributed by atoms with Gasteiger partial charge in [0.05, 0.1) is 11.2 Å². The average Bonchev–Trinajstić information content (AvgIpc) is 2.72. The van der Waals surface area contributed by atoms with Crippen LogP contribution >= 0.6 is 11.8 Å². The topological polar surface area (TPSA) is 49.4 Å². The second-order valence-corrected chi connectivity index (χ2v) is 8.80. The van der Waals surface area contributed by atoms with Gasteiger partial charge in [-0.05, 0) is 44.4 Å². The smallest absolute Gasteiger partial charge is 0.232 e. The zero-order valence-electron chi connectivity index (χ0n) is 16.6. The first kappa shape index (κ1) is 20.5. The molecule has 4 nitrogen and oxygen atoms in total. The Morgan fingerprint density at radius 1 is 1.11 bits per heavy atom. The fraction of sp³-hybridized carbons (Fsp3) is 0.391. The number of carbonyl (C=O) groups excluding carboxylic acids is 2. The van der Waals surface area contributed by atoms with E-state index in [0.717, 1.165) is 29.8 Å². The molecular formula is C23H28N2O2S. The van der Waals surface area contributed by atoms with Crippen LogP contribution in [0.15, 0.2) is 59.5 Å². The molecule has 2 amide bonds. The molecular weight excluding hydrogens is 368 g/mol. The third kappa shape index (κ3) is 5.38. The first-order valence-corrected chi connectivity index (χ1v) is 10.7. The molecule has 3 rings (SSSR count). The van der Waals surface area contributed by atoms with Crippen molar-refractivity contribution in [1.29, 1.82) is 0 Å². The molecule has 0 bridgehead atoms. The van der Waals surface area contributed by atoms with Gasteiger partial charge in [0.15, 0.2) is 0 Å². The van der Waals surface area contributed by atoms with Gasteiger partial charge in [-0.15, -0.1) is 11.8 Å². The van der Waals surface area contributed by atoms with E-state index in [2.05, 4.69) is 17.4 Å². The molecule has 1 N–H and O–H groups in total. The van der Waals surface area contributed by atoms with Crippen LogP contribution in [0.2, 0.25) is 0 Å². The summed E-state index contributed by atoms with van der Waals surface area (Å²) in [7, 11) is 0. The van der Waals surface area contributed by atoms with Crippen molar-refractivity contribution in [3.05, 3.63) is 65.7 Å². The van der Waals surface area contributed by atoms with E-state index >= 15 is 0 Å². The summed E-state index contributed by atoms with van der Waals surface area (Å²) in [5.41, 5.74) is 1.76. The number of nitrogens with zero attached hydrogens (tertiary/aromatic N) is 1. The van der Waals surface area contributed by atoms with Crippen LogP contribution in [-0.4, -0.2) is 35.6 Å². The fourth-order valence-electron chi connectivity index (χ4n) is 3.49. The van der Waals surface area contributed by atoms with Crippen LogP contribution in [0.25, 0.3) is 0 Å². The highest BCUT2D eigenvalue weighted by Gasteiger charge is 2.39. The molecule has 2 aromatic rings. The Balaban J connectivity index is 1.53. The highest BCUT2D eigenvalue weighted by atomic mass is 32.2. The minimum absolute atomic E-state index is 0.0290. The molecule has 1 atom stereocenters. The van der Waals surface area contributed by atoms with E-state index in [1.807, 2.05) is 61.2 Å². The molecule has 0 spiro atoms. The monoisotopic (exact) mass is 396 g/mol. The van der Waals surface area contributed by atoms with Gasteiger partial charge in [0.2, 0.25) is 11.8 Å². The predicted molar refractivity (Wildman–Crippen MR) is 114 cm³/mol. The van der Waals surface area contributed by atoms with Gasteiger partial charge < -0.3 is 10.2 Å². The number of hydrogen-bond acceptors (Lipinski definition) is 3. The predicted octanol–water partition coefficient (Wildman–Crippen LogP) is 4.03. The molecule has 0 aromatic heterocycles. The lowest BCUT2D eigenvalue weighted by Gasteiger charge is -2.39. The number of piperidine rings is 1. The second-order valence-electron chi connectivity index (χ2n) is 7.75. The molecule has 0 radical (unpaired) electrons. The van der Waals surface area contributed by atoms with Crippen LogP contribution in [0.3, 0.4) is 0 Å². The fourth-order valence-corrected chi connectivity index (χ4v) is 4.31. The molecule has 1 fully saturated rings. The SMILES string of the molecule is Cc1ccc(CNC(=O)C2(C)CCCN(C(=O)CSc3ccccc3)C2)cc1. The largest absolute Gasteiger partial charge is 0.351 e. The summed E-state index contributed by atoms with van der Waals surface area (Å²) in [6.45, 7) is 5.76. The van der Waals surface area contributed by atoms with Crippen molar-refractivity contribution in [3.8, 4) is 0 Å². The van der Waals surface area contributed by atoms with Crippen LogP contribution in [0.1, 0.15) is 30.9 Å². The Bertz CT molecular complexity index is 807. The quantitative estimate of drug-likeness (QED) is 0.750. The van der Waals surface area contributed by atoms with Gasteiger partial charge in [-0.25, -0.2) is 0 Å². The van der Waals surface area contributed by atoms with Crippen molar-refractivity contribution in [2.75, 3.05) is 18.8 Å². The van der Waals surface area contributed by atoms with E-state index in [1.165, 1.54) is 5.56 Å². The molecule has 148 valence electrons. The summed E-state index contributed by atoms with van der Waals surface area (Å²) >= 11 is 1.55. The lowest BCUT2D eigenvalue weighted by molar-refractivity contribution is -0.139. The second kappa shape index (κ2) is 9.28. The van der Waals surface area contributed by atoms with Gasteiger partial charge in [-0.1, -0.05) is 48.0 Å². The Labute approximate surface area is 171 Å². The summed E-state index contributed by atoms with van der Waals surface area (Å²) < 4.78 is 0. The number of thioether (sulfide) groups is 1. The van der Waals surface area contributed by atoms with Crippen molar-refractivity contribution in [1.82, 2.24) is 10.2 Å². The molecule has 28 heavy (non-hydrogen) atoms. The zero-order valence-corrected chi connectivity index (χ0v) is 17.4. The lowest BCUT2D eigenvalue weighted by atomic mass is 9.81. The Hall–Kier alpha value is -2.27. The minimum Gasteiger partial charge on any atom is -0.351 e. The first-order chi connectivity index (χ1) is 13.5. The van der Waals surface area contributed by atoms with Crippen LogP contribution in [-0.2, 0) is 16.1 Å². The van der Waals surface area contributed by atoms with E-state index in [9.17, 15) is 9.59 Å². The maximum absolute atomic E-state index is 12.9. The van der Waals surface area contributed by atoms with Gasteiger partial charge >= 0.3 is 0 Å². The molecule has 1 unspecified atom stereocenters. The summed E-state index contributed by atoms with van der Waals surface area (Å²) in [4.78, 5) is 28.5. The number of amides is 2. The first-order valence-electron chi connectivity index (χ1n) is 9.76. The number of likely N-dealkylation sites (tertiary alicyclic amines) is 1. The van der Waals surface area contributed by atoms with E-state index in [-0.39, 0.29) is 11.8 Å². The Kier molecular flexibility index (Phi) is 6.79. The normalized spacial score (nSPS) is 19.3. The molecule has 0 aliphatic carbocycles.